The predicted molar refractivity (Wildman–Crippen MR) is 268 cm³/mol. The van der Waals surface area contributed by atoms with Gasteiger partial charge in [-0.1, -0.05) is 24.3 Å². The average Bonchev–Trinajstić information content (AvgIpc) is 3.13. The normalized spacial score (nSPS) is 14.4. The molecule has 354 valence electrons. The lowest BCUT2D eigenvalue weighted by Gasteiger charge is -2.45. The molecule has 0 amide bonds. The van der Waals surface area contributed by atoms with Crippen LogP contribution in [-0.4, -0.2) is 248 Å². The van der Waals surface area contributed by atoms with Gasteiger partial charge in [0.25, 0.3) is 0 Å². The summed E-state index contributed by atoms with van der Waals surface area (Å²) >= 11 is 0. The largest absolute Gasteiger partial charge is 0.502 e. The van der Waals surface area contributed by atoms with Crippen LogP contribution in [0.1, 0.15) is 11.1 Å². The molecular formula is C35H88N16O3P5Si+. The first kappa shape index (κ1) is 58.2. The van der Waals surface area contributed by atoms with Crippen molar-refractivity contribution < 1.29 is 13.3 Å². The highest BCUT2D eigenvalue weighted by molar-refractivity contribution is 7.88. The van der Waals surface area contributed by atoms with Gasteiger partial charge in [-0.15, -0.1) is 0 Å². The van der Waals surface area contributed by atoms with Crippen LogP contribution in [0.3, 0.4) is 0 Å². The summed E-state index contributed by atoms with van der Waals surface area (Å²) in [5.74, 6) is 0. The van der Waals surface area contributed by atoms with Crippen LogP contribution in [0.25, 0.3) is 0 Å². The smallest absolute Gasteiger partial charge is 0.377 e. The van der Waals surface area contributed by atoms with Crippen molar-refractivity contribution >= 4 is 46.7 Å². The first-order chi connectivity index (χ1) is 27.5. The first-order valence-corrected chi connectivity index (χ1v) is 29.8. The summed E-state index contributed by atoms with van der Waals surface area (Å²) in [5.41, 5.74) is 2.36. The fourth-order valence-corrected chi connectivity index (χ4v) is 33.9. The number of hydrogen-bond acceptors (Lipinski definition) is 7. The van der Waals surface area contributed by atoms with E-state index >= 15 is 0 Å². The Morgan fingerprint density at radius 3 is 0.867 bits per heavy atom. The molecule has 0 spiro atoms. The van der Waals surface area contributed by atoms with Gasteiger partial charge in [0.2, 0.25) is 30.0 Å². The molecule has 1 aromatic carbocycles. The van der Waals surface area contributed by atoms with Gasteiger partial charge in [-0.25, -0.2) is 56.0 Å². The van der Waals surface area contributed by atoms with Crippen LogP contribution in [0, 0.1) is 0 Å². The third-order valence-corrected chi connectivity index (χ3v) is 33.7. The van der Waals surface area contributed by atoms with Crippen LogP contribution in [0.4, 0.5) is 0 Å². The van der Waals surface area contributed by atoms with Crippen molar-refractivity contribution in [2.45, 2.75) is 19.0 Å². The van der Waals surface area contributed by atoms with Gasteiger partial charge in [0.1, 0.15) is 0 Å². The van der Waals surface area contributed by atoms with Gasteiger partial charge in [0.05, 0.1) is 0 Å². The highest BCUT2D eigenvalue weighted by atomic mass is 31.3. The average molecular weight is 964 g/mol. The highest BCUT2D eigenvalue weighted by Gasteiger charge is 2.57. The molecule has 0 saturated heterocycles. The Hall–Kier alpha value is 0.187. The Balaban J connectivity index is 5.00. The molecular weight excluding hydrogens is 875 g/mol. The summed E-state index contributed by atoms with van der Waals surface area (Å²) < 4.78 is 69.3. The van der Waals surface area contributed by atoms with E-state index in [4.69, 9.17) is 31.3 Å². The monoisotopic (exact) mass is 964 g/mol. The molecule has 0 fully saturated rings. The van der Waals surface area contributed by atoms with Crippen molar-refractivity contribution in [2.24, 2.45) is 18.1 Å². The number of aryl methyl sites for hydroxylation is 1. The Kier molecular flexibility index (Phi) is 22.9. The van der Waals surface area contributed by atoms with Gasteiger partial charge in [-0.3, -0.25) is 0 Å². The molecule has 0 aliphatic rings. The zero-order valence-electron chi connectivity index (χ0n) is 42.5. The van der Waals surface area contributed by atoms with Crippen molar-refractivity contribution in [1.29, 1.82) is 0 Å². The molecule has 0 aliphatic carbocycles. The SMILES string of the molecule is CO[Si](CCc1ccc(CN(C)P(=N[P+](N=P(N(C)C)(N(C)C)N(C)C)(N=P(N(C)C)(N(C)C)N(C)C)N=P(N(C)C)(N(C)C)N(C)C)(N(C)C)N(C)C)cc1)(OC)OC. The van der Waals surface area contributed by atoms with Gasteiger partial charge in [-0.05, 0) is 198 Å². The first-order valence-electron chi connectivity index (χ1n) is 19.8. The second-order valence-corrected chi connectivity index (χ2v) is 37.6. The second kappa shape index (κ2) is 23.6. The highest BCUT2D eigenvalue weighted by Crippen LogP contribution is 2.86. The minimum atomic E-state index is -3.61. The zero-order valence-corrected chi connectivity index (χ0v) is 48.0. The molecule has 0 atom stereocenters. The van der Waals surface area contributed by atoms with Crippen molar-refractivity contribution in [1.82, 2.24) is 56.0 Å². The fourth-order valence-electron chi connectivity index (χ4n) is 7.91. The van der Waals surface area contributed by atoms with E-state index in [-0.39, 0.29) is 0 Å². The van der Waals surface area contributed by atoms with Crippen molar-refractivity contribution in [3.63, 3.8) is 0 Å². The molecule has 1 rings (SSSR count). The molecule has 0 heterocycles. The van der Waals surface area contributed by atoms with Gasteiger partial charge in [0, 0.05) is 33.9 Å². The van der Waals surface area contributed by atoms with Crippen molar-refractivity contribution in [2.75, 3.05) is 183 Å². The summed E-state index contributed by atoms with van der Waals surface area (Å²) in [6.45, 7) is 0.626. The van der Waals surface area contributed by atoms with Crippen LogP contribution < -0.4 is 0 Å². The van der Waals surface area contributed by atoms with E-state index in [0.29, 0.717) is 12.6 Å². The molecule has 0 N–H and O–H groups in total. The molecule has 0 aromatic heterocycles. The quantitative estimate of drug-likeness (QED) is 0.0770. The van der Waals surface area contributed by atoms with Crippen molar-refractivity contribution in [3.8, 4) is 0 Å². The molecule has 0 aliphatic heterocycles. The van der Waals surface area contributed by atoms with Gasteiger partial charge in [-0.2, -0.15) is 0 Å². The lowest BCUT2D eigenvalue weighted by atomic mass is 10.1. The number of hydrogen-bond donors (Lipinski definition) is 0. The topological polar surface area (TPSA) is 116 Å². The zero-order chi connectivity index (χ0) is 47.0. The maximum Gasteiger partial charge on any atom is 0.502 e. The minimum Gasteiger partial charge on any atom is -0.377 e. The summed E-state index contributed by atoms with van der Waals surface area (Å²) in [4.78, 5) is 0. The van der Waals surface area contributed by atoms with E-state index in [1.807, 2.05) is 0 Å². The Labute approximate surface area is 370 Å². The number of benzene rings is 1. The van der Waals surface area contributed by atoms with E-state index in [1.54, 1.807) is 21.3 Å². The molecule has 19 nitrogen and oxygen atoms in total. The predicted octanol–water partition coefficient (Wildman–Crippen LogP) is 7.18. The van der Waals surface area contributed by atoms with E-state index < -0.39 is 46.7 Å². The molecule has 1 aromatic rings. The molecule has 25 heteroatoms. The molecule has 0 bridgehead atoms. The lowest BCUT2D eigenvalue weighted by Crippen LogP contribution is -2.43. The van der Waals surface area contributed by atoms with E-state index in [2.05, 4.69) is 242 Å². The third-order valence-electron chi connectivity index (χ3n) is 10.4. The summed E-state index contributed by atoms with van der Waals surface area (Å²) in [5, 5.41) is 0. The summed E-state index contributed by atoms with van der Waals surface area (Å²) in [7, 11) is 36.4. The Morgan fingerprint density at radius 2 is 0.633 bits per heavy atom. The van der Waals surface area contributed by atoms with Gasteiger partial charge < -0.3 is 13.3 Å². The lowest BCUT2D eigenvalue weighted by molar-refractivity contribution is 0.123. The Morgan fingerprint density at radius 1 is 0.400 bits per heavy atom. The van der Waals surface area contributed by atoms with Crippen LogP contribution >= 0.6 is 37.9 Å². The van der Waals surface area contributed by atoms with Crippen LogP contribution in [0.2, 0.25) is 6.04 Å². The molecule has 0 radical (unpaired) electrons. The van der Waals surface area contributed by atoms with Crippen LogP contribution in [0.15, 0.2) is 42.3 Å². The maximum absolute atomic E-state index is 6.34. The maximum atomic E-state index is 6.34. The van der Waals surface area contributed by atoms with Gasteiger partial charge in [0.15, 0.2) is 0 Å². The third kappa shape index (κ3) is 12.1. The van der Waals surface area contributed by atoms with Crippen LogP contribution in [0.5, 0.6) is 0 Å². The van der Waals surface area contributed by atoms with E-state index in [1.165, 1.54) is 5.56 Å². The number of nitrogens with zero attached hydrogens (tertiary/aromatic N) is 16. The van der Waals surface area contributed by atoms with E-state index in [0.717, 1.165) is 12.0 Å². The minimum absolute atomic E-state index is 0.626. The Bertz CT molecular complexity index is 1510. The summed E-state index contributed by atoms with van der Waals surface area (Å²) in [6, 6.07) is 9.51. The number of rotatable bonds is 24. The molecule has 0 unspecified atom stereocenters. The van der Waals surface area contributed by atoms with Crippen molar-refractivity contribution in [3.05, 3.63) is 35.4 Å². The molecule has 60 heavy (non-hydrogen) atoms. The molecule has 0 saturated carbocycles. The van der Waals surface area contributed by atoms with E-state index in [9.17, 15) is 0 Å². The standard InChI is InChI=1S/C35H88N16O3P5Si/c1-40(2)56(41(3)4,42(5)6)36-55(37-57(43(7)8,44(9)10)45(11)12,38-58(46(13)14,47(15)16)48(17)18)39-59(49(19)20,50(21)22)51(23)33-35-29-27-34(28-30-35)31-32-60(52-24,53-25)54-26/h27-30H,31-33H2,1-26H3/q+1. The van der Waals surface area contributed by atoms with Crippen LogP contribution in [-0.2, 0) is 26.2 Å². The van der Waals surface area contributed by atoms with Gasteiger partial charge >= 0.3 is 16.7 Å². The second-order valence-electron chi connectivity index (χ2n) is 16.8. The fraction of sp³-hybridized carbons (Fsp3) is 0.829. The summed E-state index contributed by atoms with van der Waals surface area (Å²) in [6.07, 6.45) is 0.786.